The molecule has 350 valence electrons. The summed E-state index contributed by atoms with van der Waals surface area (Å²) in [7, 11) is 3.72. The molecular formula is C50H62N8O7S. The highest BCUT2D eigenvalue weighted by Gasteiger charge is 2.23. The van der Waals surface area contributed by atoms with E-state index in [4.69, 9.17) is 14.2 Å². The van der Waals surface area contributed by atoms with Crippen LogP contribution in [0, 0.1) is 0 Å². The highest BCUT2D eigenvalue weighted by atomic mass is 32.1. The third kappa shape index (κ3) is 14.2. The zero-order valence-electron chi connectivity index (χ0n) is 38.4. The second kappa shape index (κ2) is 25.6. The average Bonchev–Trinajstić information content (AvgIpc) is 3.90. The number of fused-ring (bicyclic) bond motifs is 1. The highest BCUT2D eigenvalue weighted by molar-refractivity contribution is 7.07. The number of nitrogens with zero attached hydrogens (tertiary/aromatic N) is 5. The van der Waals surface area contributed by atoms with Crippen LogP contribution in [0.2, 0.25) is 0 Å². The third-order valence-electron chi connectivity index (χ3n) is 11.4. The van der Waals surface area contributed by atoms with Gasteiger partial charge in [0.05, 0.1) is 62.6 Å². The third-order valence-corrected chi connectivity index (χ3v) is 12.0. The van der Waals surface area contributed by atoms with Gasteiger partial charge in [0.25, 0.3) is 23.6 Å². The van der Waals surface area contributed by atoms with Crippen molar-refractivity contribution in [3.8, 4) is 11.3 Å². The standard InChI is InChI=1S/C50H62N8O7S/c1-5-58(6-2)40-17-18-44(42(33-40)45-32-38(19-20-51-45)48(60)54-43-16-10-12-36-11-7-8-15-41(36)43)55-47(59)37-13-9-14-39(31-37)50(62)57(4)23-22-56(3)24-26-64-28-30-65-29-27-63-25-21-52-49(61)46-34-66-35-53-46/h7-9,11,13-15,17-20,31-35,43H,5-6,10,12,16,21-30H2,1-4H3,(H,52,61)(H,54,60)(H,55,59)/t43-/m0/s1. The Labute approximate surface area is 391 Å². The van der Waals surface area contributed by atoms with Crippen LogP contribution in [0.1, 0.15) is 85.4 Å². The minimum atomic E-state index is -0.377. The summed E-state index contributed by atoms with van der Waals surface area (Å²) in [5, 5.41) is 10.8. The van der Waals surface area contributed by atoms with E-state index in [1.807, 2.05) is 37.4 Å². The molecule has 15 nitrogen and oxygen atoms in total. The minimum absolute atomic E-state index is 0.0689. The molecule has 3 N–H and O–H groups in total. The first kappa shape index (κ1) is 49.4. The number of hydrogen-bond donors (Lipinski definition) is 3. The summed E-state index contributed by atoms with van der Waals surface area (Å²) in [4.78, 5) is 67.6. The first-order valence-electron chi connectivity index (χ1n) is 22.6. The number of aryl methyl sites for hydroxylation is 1. The number of anilines is 2. The zero-order valence-corrected chi connectivity index (χ0v) is 39.2. The van der Waals surface area contributed by atoms with Gasteiger partial charge >= 0.3 is 0 Å². The van der Waals surface area contributed by atoms with Gasteiger partial charge in [0, 0.05) is 85.8 Å². The van der Waals surface area contributed by atoms with Crippen LogP contribution in [0.3, 0.4) is 0 Å². The molecule has 1 aliphatic carbocycles. The molecule has 0 radical (unpaired) electrons. The molecule has 2 heterocycles. The number of carbonyl (C=O) groups excluding carboxylic acids is 4. The van der Waals surface area contributed by atoms with E-state index in [-0.39, 0.29) is 29.7 Å². The maximum Gasteiger partial charge on any atom is 0.270 e. The van der Waals surface area contributed by atoms with Crippen molar-refractivity contribution in [3.05, 3.63) is 129 Å². The summed E-state index contributed by atoms with van der Waals surface area (Å²) in [5.74, 6) is -0.968. The number of nitrogens with one attached hydrogen (secondary N) is 3. The van der Waals surface area contributed by atoms with Gasteiger partial charge in [-0.2, -0.15) is 0 Å². The number of rotatable bonds is 25. The predicted molar refractivity (Wildman–Crippen MR) is 259 cm³/mol. The van der Waals surface area contributed by atoms with Gasteiger partial charge in [-0.1, -0.05) is 30.3 Å². The summed E-state index contributed by atoms with van der Waals surface area (Å²) in [6, 6.07) is 24.2. The minimum Gasteiger partial charge on any atom is -0.378 e. The van der Waals surface area contributed by atoms with Crippen molar-refractivity contribution in [1.82, 2.24) is 30.4 Å². The maximum atomic E-state index is 13.9. The van der Waals surface area contributed by atoms with Gasteiger partial charge < -0.3 is 44.9 Å². The molecule has 1 atom stereocenters. The van der Waals surface area contributed by atoms with Crippen LogP contribution in [-0.4, -0.2) is 136 Å². The van der Waals surface area contributed by atoms with Crippen LogP contribution < -0.4 is 20.9 Å². The molecule has 0 bridgehead atoms. The van der Waals surface area contributed by atoms with Crippen molar-refractivity contribution in [2.75, 3.05) is 103 Å². The molecule has 0 spiro atoms. The van der Waals surface area contributed by atoms with Crippen LogP contribution in [-0.2, 0) is 20.6 Å². The molecule has 6 rings (SSSR count). The van der Waals surface area contributed by atoms with Gasteiger partial charge in [0.2, 0.25) is 0 Å². The second-order valence-electron chi connectivity index (χ2n) is 16.0. The van der Waals surface area contributed by atoms with E-state index in [0.29, 0.717) is 105 Å². The summed E-state index contributed by atoms with van der Waals surface area (Å²) in [6.07, 6.45) is 4.51. The van der Waals surface area contributed by atoms with Gasteiger partial charge in [0.15, 0.2) is 0 Å². The predicted octanol–water partition coefficient (Wildman–Crippen LogP) is 6.59. The van der Waals surface area contributed by atoms with Gasteiger partial charge in [-0.3, -0.25) is 24.2 Å². The monoisotopic (exact) mass is 918 g/mol. The van der Waals surface area contributed by atoms with E-state index >= 15 is 0 Å². The van der Waals surface area contributed by atoms with Crippen molar-refractivity contribution in [2.45, 2.75) is 39.2 Å². The Balaban J connectivity index is 0.966. The normalized spacial score (nSPS) is 13.2. The molecule has 0 aliphatic heterocycles. The summed E-state index contributed by atoms with van der Waals surface area (Å²) < 4.78 is 16.8. The maximum absolute atomic E-state index is 13.9. The number of benzene rings is 3. The molecule has 0 fully saturated rings. The number of ether oxygens (including phenoxy) is 3. The summed E-state index contributed by atoms with van der Waals surface area (Å²) in [6.45, 7) is 10.6. The largest absolute Gasteiger partial charge is 0.378 e. The average molecular weight is 919 g/mol. The van der Waals surface area contributed by atoms with E-state index in [0.717, 1.165) is 43.6 Å². The van der Waals surface area contributed by atoms with Crippen LogP contribution in [0.5, 0.6) is 0 Å². The van der Waals surface area contributed by atoms with Crippen LogP contribution >= 0.6 is 11.3 Å². The summed E-state index contributed by atoms with van der Waals surface area (Å²) >= 11 is 1.37. The number of carbonyl (C=O) groups is 4. The van der Waals surface area contributed by atoms with E-state index in [9.17, 15) is 19.2 Å². The first-order valence-corrected chi connectivity index (χ1v) is 23.6. The fraction of sp³-hybridized carbons (Fsp3) is 0.400. The van der Waals surface area contributed by atoms with E-state index < -0.39 is 0 Å². The van der Waals surface area contributed by atoms with Crippen molar-refractivity contribution in [1.29, 1.82) is 0 Å². The second-order valence-corrected chi connectivity index (χ2v) is 16.7. The number of likely N-dealkylation sites (N-methyl/N-ethyl adjacent to an activating group) is 2. The molecule has 4 amide bonds. The quantitative estimate of drug-likeness (QED) is 0.0541. The van der Waals surface area contributed by atoms with Gasteiger partial charge in [-0.05, 0) is 99.8 Å². The lowest BCUT2D eigenvalue weighted by Gasteiger charge is -2.26. The molecular weight excluding hydrogens is 857 g/mol. The molecule has 0 saturated carbocycles. The molecule has 0 saturated heterocycles. The molecule has 0 unspecified atom stereocenters. The highest BCUT2D eigenvalue weighted by Crippen LogP contribution is 2.33. The Bertz CT molecular complexity index is 2360. The Morgan fingerprint density at radius 3 is 2.26 bits per heavy atom. The molecule has 66 heavy (non-hydrogen) atoms. The lowest BCUT2D eigenvalue weighted by Crippen LogP contribution is -2.36. The van der Waals surface area contributed by atoms with E-state index in [1.54, 1.807) is 65.4 Å². The molecule has 2 aromatic heterocycles. The molecule has 3 aromatic carbocycles. The Morgan fingerprint density at radius 1 is 0.742 bits per heavy atom. The molecule has 5 aromatic rings. The number of aromatic nitrogens is 2. The van der Waals surface area contributed by atoms with E-state index in [2.05, 4.69) is 61.7 Å². The van der Waals surface area contributed by atoms with E-state index in [1.165, 1.54) is 16.9 Å². The topological polar surface area (TPSA) is 168 Å². The number of pyridine rings is 1. The lowest BCUT2D eigenvalue weighted by molar-refractivity contribution is 0.0119. The van der Waals surface area contributed by atoms with Crippen LogP contribution in [0.4, 0.5) is 11.4 Å². The number of hydrogen-bond acceptors (Lipinski definition) is 12. The SMILES string of the molecule is CCN(CC)c1ccc(NC(=O)c2cccc(C(=O)N(C)CCN(C)CCOCCOCCOCCNC(=O)c3cscn3)c2)c(-c2cc(C(=O)N[C@H]3CCCc4ccccc43)ccn2)c1. The van der Waals surface area contributed by atoms with Crippen molar-refractivity contribution < 1.29 is 33.4 Å². The fourth-order valence-electron chi connectivity index (χ4n) is 7.66. The van der Waals surface area contributed by atoms with Crippen LogP contribution in [0.15, 0.2) is 96.0 Å². The molecule has 1 aliphatic rings. The Hall–Kier alpha value is -6.04. The lowest BCUT2D eigenvalue weighted by atomic mass is 9.87. The van der Waals surface area contributed by atoms with Gasteiger partial charge in [0.1, 0.15) is 5.69 Å². The Morgan fingerprint density at radius 2 is 1.48 bits per heavy atom. The Kier molecular flexibility index (Phi) is 19.2. The number of amides is 4. The van der Waals surface area contributed by atoms with Gasteiger partial charge in [-0.25, -0.2) is 4.98 Å². The molecule has 16 heteroatoms. The van der Waals surface area contributed by atoms with Crippen LogP contribution in [0.25, 0.3) is 11.3 Å². The summed E-state index contributed by atoms with van der Waals surface area (Å²) in [5.41, 5.74) is 8.39. The smallest absolute Gasteiger partial charge is 0.270 e. The zero-order chi connectivity index (χ0) is 46.7. The van der Waals surface area contributed by atoms with Crippen molar-refractivity contribution >= 4 is 46.3 Å². The van der Waals surface area contributed by atoms with Crippen molar-refractivity contribution in [2.24, 2.45) is 0 Å². The first-order chi connectivity index (χ1) is 32.1. The number of thiazole rings is 1. The van der Waals surface area contributed by atoms with Crippen molar-refractivity contribution in [3.63, 3.8) is 0 Å². The fourth-order valence-corrected chi connectivity index (χ4v) is 8.19. The van der Waals surface area contributed by atoms with Gasteiger partial charge in [-0.15, -0.1) is 11.3 Å².